The molecular weight excluding hydrogens is 347 g/mol. The second-order valence-electron chi connectivity index (χ2n) is 7.50. The van der Waals surface area contributed by atoms with Crippen LogP contribution in [0, 0.1) is 11.3 Å². The summed E-state index contributed by atoms with van der Waals surface area (Å²) in [5.41, 5.74) is 6.20. The van der Waals surface area contributed by atoms with Gasteiger partial charge in [0.2, 0.25) is 5.91 Å². The number of ether oxygens (including phenoxy) is 1. The zero-order valence-corrected chi connectivity index (χ0v) is 15.8. The van der Waals surface area contributed by atoms with Gasteiger partial charge in [0.15, 0.2) is 0 Å². The molecule has 1 aliphatic heterocycles. The first-order valence-corrected chi connectivity index (χ1v) is 9.05. The SMILES string of the molecule is CN(Cc1cccc(Cl)c1Cl)C(=O)C1(N)C2CCCOC2C1(C)C. The number of hydrogen-bond donors (Lipinski definition) is 1. The first-order chi connectivity index (χ1) is 11.2. The van der Waals surface area contributed by atoms with E-state index in [0.29, 0.717) is 16.6 Å². The van der Waals surface area contributed by atoms with Crippen LogP contribution in [-0.2, 0) is 16.1 Å². The number of nitrogens with two attached hydrogens (primary N) is 1. The predicted molar refractivity (Wildman–Crippen MR) is 96.1 cm³/mol. The number of halogens is 2. The first kappa shape index (κ1) is 18.0. The van der Waals surface area contributed by atoms with E-state index < -0.39 is 5.54 Å². The molecule has 3 rings (SSSR count). The van der Waals surface area contributed by atoms with Crippen LogP contribution in [0.4, 0.5) is 0 Å². The molecule has 1 heterocycles. The van der Waals surface area contributed by atoms with Crippen molar-refractivity contribution in [2.45, 2.75) is 44.9 Å². The van der Waals surface area contributed by atoms with Crippen molar-refractivity contribution in [3.05, 3.63) is 33.8 Å². The number of rotatable bonds is 3. The fourth-order valence-corrected chi connectivity index (χ4v) is 4.70. The molecule has 132 valence electrons. The Kier molecular flexibility index (Phi) is 4.63. The normalized spacial score (nSPS) is 31.1. The maximum absolute atomic E-state index is 13.2. The third-order valence-electron chi connectivity index (χ3n) is 5.82. The largest absolute Gasteiger partial charge is 0.377 e. The third-order valence-corrected chi connectivity index (χ3v) is 6.68. The van der Waals surface area contributed by atoms with Gasteiger partial charge in [0.1, 0.15) is 5.54 Å². The Labute approximate surface area is 153 Å². The summed E-state index contributed by atoms with van der Waals surface area (Å²) in [4.78, 5) is 14.8. The molecular formula is C18H24Cl2N2O2. The number of carbonyl (C=O) groups is 1. The maximum Gasteiger partial charge on any atom is 0.243 e. The Morgan fingerprint density at radius 1 is 1.42 bits per heavy atom. The quantitative estimate of drug-likeness (QED) is 0.885. The highest BCUT2D eigenvalue weighted by atomic mass is 35.5. The van der Waals surface area contributed by atoms with Crippen LogP contribution < -0.4 is 5.73 Å². The zero-order valence-electron chi connectivity index (χ0n) is 14.3. The molecule has 1 saturated carbocycles. The summed E-state index contributed by atoms with van der Waals surface area (Å²) in [6, 6.07) is 5.44. The van der Waals surface area contributed by atoms with Gasteiger partial charge in [-0.15, -0.1) is 0 Å². The zero-order chi connectivity index (χ0) is 17.7. The molecule has 2 N–H and O–H groups in total. The van der Waals surface area contributed by atoms with Gasteiger partial charge in [0.25, 0.3) is 0 Å². The number of fused-ring (bicyclic) bond motifs is 1. The van der Waals surface area contributed by atoms with Crippen molar-refractivity contribution in [1.82, 2.24) is 4.90 Å². The molecule has 0 spiro atoms. The van der Waals surface area contributed by atoms with Crippen LogP contribution in [-0.4, -0.2) is 36.1 Å². The highest BCUT2D eigenvalue weighted by Crippen LogP contribution is 2.58. The van der Waals surface area contributed by atoms with Gasteiger partial charge >= 0.3 is 0 Å². The molecule has 1 aromatic rings. The van der Waals surface area contributed by atoms with E-state index in [1.165, 1.54) is 0 Å². The summed E-state index contributed by atoms with van der Waals surface area (Å²) in [6.45, 7) is 5.18. The van der Waals surface area contributed by atoms with Crippen LogP contribution in [0.15, 0.2) is 18.2 Å². The lowest BCUT2D eigenvalue weighted by Crippen LogP contribution is -2.82. The Balaban J connectivity index is 1.81. The summed E-state index contributed by atoms with van der Waals surface area (Å²) in [5, 5.41) is 0.971. The predicted octanol–water partition coefficient (Wildman–Crippen LogP) is 3.48. The van der Waals surface area contributed by atoms with Gasteiger partial charge in [-0.25, -0.2) is 0 Å². The lowest BCUT2D eigenvalue weighted by Gasteiger charge is -2.65. The van der Waals surface area contributed by atoms with E-state index in [-0.39, 0.29) is 23.3 Å². The molecule has 1 amide bonds. The summed E-state index contributed by atoms with van der Waals surface area (Å²) >= 11 is 12.3. The lowest BCUT2D eigenvalue weighted by molar-refractivity contribution is -0.229. The van der Waals surface area contributed by atoms with Crippen LogP contribution in [0.1, 0.15) is 32.3 Å². The van der Waals surface area contributed by atoms with E-state index in [1.807, 2.05) is 26.0 Å². The van der Waals surface area contributed by atoms with Crippen molar-refractivity contribution in [3.63, 3.8) is 0 Å². The number of likely N-dealkylation sites (N-methyl/N-ethyl adjacent to an activating group) is 1. The standard InChI is InChI=1S/C18H24Cl2N2O2/c1-17(2)15-12(7-5-9-24-15)18(17,21)16(23)22(3)10-11-6-4-8-13(19)14(11)20/h4,6,8,12,15H,5,7,9-10,21H2,1-3H3. The second kappa shape index (κ2) is 6.17. The molecule has 2 fully saturated rings. The number of amides is 1. The Hall–Kier alpha value is -0.810. The fourth-order valence-electron chi connectivity index (χ4n) is 4.32. The number of nitrogens with zero attached hydrogens (tertiary/aromatic N) is 1. The van der Waals surface area contributed by atoms with Crippen LogP contribution in [0.3, 0.4) is 0 Å². The number of hydrogen-bond acceptors (Lipinski definition) is 3. The molecule has 0 bridgehead atoms. The third kappa shape index (κ3) is 2.47. The monoisotopic (exact) mass is 370 g/mol. The molecule has 1 saturated heterocycles. The molecule has 6 heteroatoms. The van der Waals surface area contributed by atoms with E-state index in [4.69, 9.17) is 33.7 Å². The van der Waals surface area contributed by atoms with Crippen molar-refractivity contribution in [2.24, 2.45) is 17.1 Å². The highest BCUT2D eigenvalue weighted by molar-refractivity contribution is 6.42. The smallest absolute Gasteiger partial charge is 0.243 e. The molecule has 1 aromatic carbocycles. The minimum atomic E-state index is -0.905. The van der Waals surface area contributed by atoms with E-state index in [0.717, 1.165) is 25.0 Å². The van der Waals surface area contributed by atoms with Gasteiger partial charge in [0, 0.05) is 31.5 Å². The number of carbonyl (C=O) groups excluding carboxylic acids is 1. The van der Waals surface area contributed by atoms with Crippen LogP contribution in [0.25, 0.3) is 0 Å². The lowest BCUT2D eigenvalue weighted by atomic mass is 9.46. The van der Waals surface area contributed by atoms with E-state index in [1.54, 1.807) is 18.0 Å². The van der Waals surface area contributed by atoms with Crippen LogP contribution >= 0.6 is 23.2 Å². The molecule has 0 aromatic heterocycles. The topological polar surface area (TPSA) is 55.6 Å². The average molecular weight is 371 g/mol. The van der Waals surface area contributed by atoms with E-state index in [9.17, 15) is 4.79 Å². The van der Waals surface area contributed by atoms with Crippen LogP contribution in [0.2, 0.25) is 10.0 Å². The number of benzene rings is 1. The maximum atomic E-state index is 13.2. The Bertz CT molecular complexity index is 664. The van der Waals surface area contributed by atoms with Crippen molar-refractivity contribution >= 4 is 29.1 Å². The average Bonchev–Trinajstić information content (AvgIpc) is 2.57. The Morgan fingerprint density at radius 3 is 2.83 bits per heavy atom. The van der Waals surface area contributed by atoms with Crippen LogP contribution in [0.5, 0.6) is 0 Å². The van der Waals surface area contributed by atoms with Crippen molar-refractivity contribution in [2.75, 3.05) is 13.7 Å². The molecule has 24 heavy (non-hydrogen) atoms. The highest BCUT2D eigenvalue weighted by Gasteiger charge is 2.70. The van der Waals surface area contributed by atoms with Crippen molar-refractivity contribution in [1.29, 1.82) is 0 Å². The first-order valence-electron chi connectivity index (χ1n) is 8.30. The van der Waals surface area contributed by atoms with Gasteiger partial charge in [-0.2, -0.15) is 0 Å². The minimum Gasteiger partial charge on any atom is -0.377 e. The van der Waals surface area contributed by atoms with Gasteiger partial charge in [-0.05, 0) is 24.5 Å². The molecule has 3 unspecified atom stereocenters. The molecule has 3 atom stereocenters. The summed E-state index contributed by atoms with van der Waals surface area (Å²) in [6.07, 6.45) is 1.94. The van der Waals surface area contributed by atoms with Gasteiger partial charge in [-0.3, -0.25) is 4.79 Å². The van der Waals surface area contributed by atoms with Gasteiger partial charge in [-0.1, -0.05) is 49.2 Å². The second-order valence-corrected chi connectivity index (χ2v) is 8.29. The van der Waals surface area contributed by atoms with E-state index >= 15 is 0 Å². The van der Waals surface area contributed by atoms with Gasteiger partial charge < -0.3 is 15.4 Å². The summed E-state index contributed by atoms with van der Waals surface area (Å²) in [5.74, 6) is 0.0151. The minimum absolute atomic E-state index is 0.0587. The van der Waals surface area contributed by atoms with Gasteiger partial charge in [0.05, 0.1) is 16.1 Å². The summed E-state index contributed by atoms with van der Waals surface area (Å²) in [7, 11) is 1.77. The Morgan fingerprint density at radius 2 is 2.12 bits per heavy atom. The molecule has 1 aliphatic carbocycles. The fraction of sp³-hybridized carbons (Fsp3) is 0.611. The molecule has 2 aliphatic rings. The molecule has 4 nitrogen and oxygen atoms in total. The van der Waals surface area contributed by atoms with Crippen molar-refractivity contribution < 1.29 is 9.53 Å². The van der Waals surface area contributed by atoms with E-state index in [2.05, 4.69) is 0 Å². The molecule has 0 radical (unpaired) electrons. The summed E-state index contributed by atoms with van der Waals surface area (Å²) < 4.78 is 5.88. The van der Waals surface area contributed by atoms with Crippen molar-refractivity contribution in [3.8, 4) is 0 Å².